The molecule has 1 heterocycles. The Kier molecular flexibility index (Phi) is 5.62. The molecular formula is C18H26N4O3S. The van der Waals surface area contributed by atoms with Crippen molar-refractivity contribution >= 4 is 21.8 Å². The minimum atomic E-state index is -3.69. The van der Waals surface area contributed by atoms with Crippen LogP contribution in [0, 0.1) is 5.92 Å². The van der Waals surface area contributed by atoms with Crippen LogP contribution in [-0.4, -0.2) is 51.2 Å². The lowest BCUT2D eigenvalue weighted by atomic mass is 9.84. The number of carbonyl (C=O) groups is 1. The summed E-state index contributed by atoms with van der Waals surface area (Å²) in [5.41, 5.74) is 6.41. The highest BCUT2D eigenvalue weighted by Crippen LogP contribution is 2.27. The first-order valence-corrected chi connectivity index (χ1v) is 10.5. The second-order valence-corrected chi connectivity index (χ2v) is 8.62. The Balaban J connectivity index is 1.66. The molecule has 142 valence electrons. The van der Waals surface area contributed by atoms with Crippen LogP contribution < -0.4 is 11.1 Å². The molecule has 1 atom stereocenters. The number of amides is 1. The lowest BCUT2D eigenvalue weighted by Crippen LogP contribution is -2.49. The van der Waals surface area contributed by atoms with E-state index in [1.807, 2.05) is 0 Å². The molecule has 3 N–H and O–H groups in total. The van der Waals surface area contributed by atoms with E-state index in [1.54, 1.807) is 30.1 Å². The van der Waals surface area contributed by atoms with Gasteiger partial charge >= 0.3 is 0 Å². The van der Waals surface area contributed by atoms with E-state index in [2.05, 4.69) is 9.71 Å². The molecule has 1 saturated carbocycles. The van der Waals surface area contributed by atoms with E-state index in [-0.39, 0.29) is 23.4 Å². The Morgan fingerprint density at radius 3 is 2.69 bits per heavy atom. The standard InChI is InChI=1S/C18H26N4O3S/c1-22(18-14-9-5-6-10-16(14)26(24,25)21-18)12-17(23)20-15(11-19)13-7-3-2-4-8-13/h5-6,9-10,13,15H,2-4,7-8,11-12,19H2,1H3,(H,20,23). The molecule has 2 aliphatic rings. The SMILES string of the molecule is CN(CC(=O)NC(CN)C1CCCCC1)C1=NS(=O)(=O)c2ccccc21. The van der Waals surface area contributed by atoms with Crippen LogP contribution in [0.3, 0.4) is 0 Å². The monoisotopic (exact) mass is 378 g/mol. The maximum Gasteiger partial charge on any atom is 0.285 e. The van der Waals surface area contributed by atoms with Gasteiger partial charge in [-0.1, -0.05) is 31.4 Å². The largest absolute Gasteiger partial charge is 0.350 e. The van der Waals surface area contributed by atoms with Gasteiger partial charge in [-0.25, -0.2) is 0 Å². The second kappa shape index (κ2) is 7.75. The summed E-state index contributed by atoms with van der Waals surface area (Å²) in [6.45, 7) is 0.449. The van der Waals surface area contributed by atoms with Crippen molar-refractivity contribution in [3.8, 4) is 0 Å². The molecule has 0 spiro atoms. The van der Waals surface area contributed by atoms with E-state index < -0.39 is 10.0 Å². The number of hydrogen-bond acceptors (Lipinski definition) is 5. The van der Waals surface area contributed by atoms with Crippen molar-refractivity contribution in [3.05, 3.63) is 29.8 Å². The fraction of sp³-hybridized carbons (Fsp3) is 0.556. The quantitative estimate of drug-likeness (QED) is 0.798. The van der Waals surface area contributed by atoms with Crippen molar-refractivity contribution in [2.24, 2.45) is 16.0 Å². The van der Waals surface area contributed by atoms with Crippen molar-refractivity contribution in [1.82, 2.24) is 10.2 Å². The van der Waals surface area contributed by atoms with Crippen LogP contribution >= 0.6 is 0 Å². The Morgan fingerprint density at radius 1 is 1.31 bits per heavy atom. The number of nitrogens with zero attached hydrogens (tertiary/aromatic N) is 2. The number of fused-ring (bicyclic) bond motifs is 1. The van der Waals surface area contributed by atoms with Crippen LogP contribution in [0.4, 0.5) is 0 Å². The Morgan fingerprint density at radius 2 is 2.00 bits per heavy atom. The predicted octanol–water partition coefficient (Wildman–Crippen LogP) is 1.09. The molecule has 0 bridgehead atoms. The number of benzene rings is 1. The van der Waals surface area contributed by atoms with Gasteiger partial charge in [-0.3, -0.25) is 4.79 Å². The van der Waals surface area contributed by atoms with Crippen molar-refractivity contribution in [1.29, 1.82) is 0 Å². The summed E-state index contributed by atoms with van der Waals surface area (Å²) in [6, 6.07) is 6.63. The third kappa shape index (κ3) is 3.91. The number of carbonyl (C=O) groups excluding carboxylic acids is 1. The molecule has 7 nitrogen and oxygen atoms in total. The summed E-state index contributed by atoms with van der Waals surface area (Å²) in [5.74, 6) is 0.559. The van der Waals surface area contributed by atoms with Gasteiger partial charge in [-0.15, -0.1) is 4.40 Å². The van der Waals surface area contributed by atoms with Crippen LogP contribution in [0.2, 0.25) is 0 Å². The lowest BCUT2D eigenvalue weighted by molar-refractivity contribution is -0.122. The van der Waals surface area contributed by atoms with E-state index >= 15 is 0 Å². The van der Waals surface area contributed by atoms with Gasteiger partial charge in [0.2, 0.25) is 5.91 Å². The molecule has 0 aromatic heterocycles. The summed E-state index contributed by atoms with van der Waals surface area (Å²) >= 11 is 0. The van der Waals surface area contributed by atoms with Gasteiger partial charge < -0.3 is 16.0 Å². The number of sulfonamides is 1. The molecule has 0 radical (unpaired) electrons. The summed E-state index contributed by atoms with van der Waals surface area (Å²) < 4.78 is 28.1. The fourth-order valence-electron chi connectivity index (χ4n) is 3.81. The smallest absolute Gasteiger partial charge is 0.285 e. The Labute approximate surface area is 154 Å². The van der Waals surface area contributed by atoms with Crippen molar-refractivity contribution in [2.75, 3.05) is 20.1 Å². The molecule has 1 aliphatic heterocycles. The third-order valence-electron chi connectivity index (χ3n) is 5.17. The highest BCUT2D eigenvalue weighted by molar-refractivity contribution is 7.90. The Bertz CT molecular complexity index is 800. The molecular weight excluding hydrogens is 352 g/mol. The summed E-state index contributed by atoms with van der Waals surface area (Å²) in [7, 11) is -2.01. The molecule has 26 heavy (non-hydrogen) atoms. The Hall–Kier alpha value is -1.93. The predicted molar refractivity (Wildman–Crippen MR) is 100 cm³/mol. The van der Waals surface area contributed by atoms with Crippen molar-refractivity contribution in [2.45, 2.75) is 43.0 Å². The summed E-state index contributed by atoms with van der Waals surface area (Å²) in [6.07, 6.45) is 5.80. The molecule has 1 aromatic rings. The van der Waals surface area contributed by atoms with E-state index in [0.717, 1.165) is 12.8 Å². The summed E-state index contributed by atoms with van der Waals surface area (Å²) in [5, 5.41) is 3.03. The number of likely N-dealkylation sites (N-methyl/N-ethyl adjacent to an activating group) is 1. The van der Waals surface area contributed by atoms with E-state index in [1.165, 1.54) is 25.3 Å². The highest BCUT2D eigenvalue weighted by atomic mass is 32.2. The van der Waals surface area contributed by atoms with Gasteiger partial charge in [-0.05, 0) is 30.9 Å². The lowest BCUT2D eigenvalue weighted by Gasteiger charge is -2.30. The molecule has 1 fully saturated rings. The number of amidine groups is 1. The molecule has 8 heteroatoms. The van der Waals surface area contributed by atoms with Crippen LogP contribution in [-0.2, 0) is 14.8 Å². The minimum Gasteiger partial charge on any atom is -0.350 e. The van der Waals surface area contributed by atoms with Crippen LogP contribution in [0.5, 0.6) is 0 Å². The average Bonchev–Trinajstić information content (AvgIpc) is 2.92. The molecule has 0 saturated heterocycles. The molecule has 3 rings (SSSR count). The maximum atomic E-state index is 12.5. The first kappa shape index (κ1) is 18.8. The first-order chi connectivity index (χ1) is 12.4. The first-order valence-electron chi connectivity index (χ1n) is 9.07. The number of rotatable bonds is 5. The molecule has 1 unspecified atom stereocenters. The van der Waals surface area contributed by atoms with Gasteiger partial charge in [0.1, 0.15) is 4.90 Å². The highest BCUT2D eigenvalue weighted by Gasteiger charge is 2.31. The van der Waals surface area contributed by atoms with Gasteiger partial charge in [0.15, 0.2) is 5.84 Å². The fourth-order valence-corrected chi connectivity index (χ4v) is 5.06. The van der Waals surface area contributed by atoms with E-state index in [9.17, 15) is 13.2 Å². The van der Waals surface area contributed by atoms with Gasteiger partial charge in [0.25, 0.3) is 10.0 Å². The van der Waals surface area contributed by atoms with Crippen molar-refractivity contribution in [3.63, 3.8) is 0 Å². The topological polar surface area (TPSA) is 105 Å². The zero-order valence-corrected chi connectivity index (χ0v) is 15.8. The number of nitrogens with two attached hydrogens (primary N) is 1. The van der Waals surface area contributed by atoms with Crippen LogP contribution in [0.1, 0.15) is 37.7 Å². The normalized spacial score (nSPS) is 20.2. The zero-order valence-electron chi connectivity index (χ0n) is 15.0. The summed E-state index contributed by atoms with van der Waals surface area (Å²) in [4.78, 5) is 14.2. The molecule has 1 amide bonds. The van der Waals surface area contributed by atoms with E-state index in [4.69, 9.17) is 5.73 Å². The van der Waals surface area contributed by atoms with Crippen molar-refractivity contribution < 1.29 is 13.2 Å². The van der Waals surface area contributed by atoms with Gasteiger partial charge in [0, 0.05) is 25.2 Å². The molecule has 1 aromatic carbocycles. The van der Waals surface area contributed by atoms with Gasteiger partial charge in [-0.2, -0.15) is 8.42 Å². The average molecular weight is 378 g/mol. The van der Waals surface area contributed by atoms with E-state index in [0.29, 0.717) is 23.9 Å². The molecule has 1 aliphatic carbocycles. The number of hydrogen-bond donors (Lipinski definition) is 2. The zero-order chi connectivity index (χ0) is 18.7. The number of nitrogens with one attached hydrogen (secondary N) is 1. The van der Waals surface area contributed by atoms with Crippen LogP contribution in [0.15, 0.2) is 33.6 Å². The minimum absolute atomic E-state index is 0.0299. The maximum absolute atomic E-state index is 12.5. The van der Waals surface area contributed by atoms with Crippen LogP contribution in [0.25, 0.3) is 0 Å². The van der Waals surface area contributed by atoms with Gasteiger partial charge in [0.05, 0.1) is 6.54 Å². The third-order valence-corrected chi connectivity index (χ3v) is 6.50. The second-order valence-electron chi connectivity index (χ2n) is 7.05.